The minimum absolute atomic E-state index is 0.0458. The Morgan fingerprint density at radius 1 is 0.500 bits per heavy atom. The van der Waals surface area contributed by atoms with Gasteiger partial charge in [-0.15, -0.1) is 0 Å². The van der Waals surface area contributed by atoms with Crippen LogP contribution in [0.2, 0.25) is 0 Å². The molecule has 40 heavy (non-hydrogen) atoms. The van der Waals surface area contributed by atoms with E-state index < -0.39 is 10.1 Å². The molecule has 0 saturated heterocycles. The van der Waals surface area contributed by atoms with Gasteiger partial charge in [-0.25, -0.2) is 0 Å². The Balaban J connectivity index is 1.82. The topological polar surface area (TPSA) is 54.4 Å². The van der Waals surface area contributed by atoms with Crippen LogP contribution >= 0.6 is 0 Å². The summed E-state index contributed by atoms with van der Waals surface area (Å²) in [5.74, 6) is 0. The molecule has 1 N–H and O–H groups in total. The first-order valence-electron chi connectivity index (χ1n) is 17.0. The van der Waals surface area contributed by atoms with Crippen molar-refractivity contribution in [3.8, 4) is 0 Å². The molecule has 0 heterocycles. The third-order valence-corrected chi connectivity index (χ3v) is 9.37. The smallest absolute Gasteiger partial charge is 0.282 e. The second kappa shape index (κ2) is 21.3. The molecule has 0 aliphatic heterocycles. The molecule has 2 aromatic rings. The zero-order valence-corrected chi connectivity index (χ0v) is 26.8. The van der Waals surface area contributed by atoms with Crippen LogP contribution in [0.3, 0.4) is 0 Å². The Kier molecular flexibility index (Phi) is 18.6. The molecule has 0 atom stereocenters. The average Bonchev–Trinajstić information content (AvgIpc) is 2.94. The van der Waals surface area contributed by atoms with E-state index in [2.05, 4.69) is 32.0 Å². The monoisotopic (exact) mass is 572 g/mol. The van der Waals surface area contributed by atoms with Crippen molar-refractivity contribution in [1.29, 1.82) is 0 Å². The maximum atomic E-state index is 12.1. The normalized spacial score (nSPS) is 12.0. The lowest BCUT2D eigenvalue weighted by molar-refractivity contribution is 0.483. The van der Waals surface area contributed by atoms with E-state index in [0.29, 0.717) is 0 Å². The van der Waals surface area contributed by atoms with E-state index in [-0.39, 0.29) is 4.90 Å². The highest BCUT2D eigenvalue weighted by atomic mass is 32.2. The molecule has 0 aliphatic carbocycles. The van der Waals surface area contributed by atoms with Gasteiger partial charge < -0.3 is 0 Å². The van der Waals surface area contributed by atoms with E-state index in [1.807, 2.05) is 0 Å². The van der Waals surface area contributed by atoms with E-state index >= 15 is 0 Å². The van der Waals surface area contributed by atoms with Crippen LogP contribution in [-0.4, -0.2) is 13.0 Å². The molecule has 2 aromatic carbocycles. The lowest BCUT2D eigenvalue weighted by Gasteiger charge is -2.13. The second-order valence-corrected chi connectivity index (χ2v) is 13.6. The lowest BCUT2D eigenvalue weighted by atomic mass is 9.94. The van der Waals surface area contributed by atoms with E-state index in [4.69, 9.17) is 0 Å². The lowest BCUT2D eigenvalue weighted by Crippen LogP contribution is -2.01. The van der Waals surface area contributed by atoms with Gasteiger partial charge in [-0.05, 0) is 59.7 Å². The average molecular weight is 573 g/mol. The third-order valence-electron chi connectivity index (χ3n) is 8.54. The summed E-state index contributed by atoms with van der Waals surface area (Å²) in [6, 6.07) is 9.79. The van der Waals surface area contributed by atoms with Crippen LogP contribution in [0.5, 0.6) is 0 Å². The summed E-state index contributed by atoms with van der Waals surface area (Å²) in [7, 11) is -4.23. The first-order valence-corrected chi connectivity index (χ1v) is 18.4. The summed E-state index contributed by atoms with van der Waals surface area (Å²) in [4.78, 5) is 0.0458. The molecule has 0 fully saturated rings. The highest BCUT2D eigenvalue weighted by molar-refractivity contribution is 7.85. The van der Waals surface area contributed by atoms with Gasteiger partial charge in [-0.3, -0.25) is 4.55 Å². The molecule has 0 bridgehead atoms. The molecule has 2 rings (SSSR count). The predicted molar refractivity (Wildman–Crippen MR) is 174 cm³/mol. The zero-order chi connectivity index (χ0) is 28.9. The Bertz CT molecular complexity index is 1030. The van der Waals surface area contributed by atoms with Crippen molar-refractivity contribution in [2.24, 2.45) is 0 Å². The van der Waals surface area contributed by atoms with E-state index in [1.54, 1.807) is 12.1 Å². The van der Waals surface area contributed by atoms with E-state index in [9.17, 15) is 13.0 Å². The fraction of sp³-hybridized carbons (Fsp3) is 0.722. The van der Waals surface area contributed by atoms with Crippen LogP contribution in [0.25, 0.3) is 10.8 Å². The molecular weight excluding hydrogens is 512 g/mol. The van der Waals surface area contributed by atoms with Crippen LogP contribution in [0.15, 0.2) is 35.2 Å². The van der Waals surface area contributed by atoms with Crippen LogP contribution in [0, 0.1) is 0 Å². The maximum Gasteiger partial charge on any atom is 0.294 e. The van der Waals surface area contributed by atoms with E-state index in [1.165, 1.54) is 134 Å². The molecule has 0 saturated carbocycles. The molecule has 0 aliphatic rings. The van der Waals surface area contributed by atoms with Gasteiger partial charge in [0.25, 0.3) is 10.1 Å². The van der Waals surface area contributed by atoms with Crippen LogP contribution in [-0.2, 0) is 23.0 Å². The number of hydrogen-bond acceptors (Lipinski definition) is 2. The molecule has 228 valence electrons. The quantitative estimate of drug-likeness (QED) is 0.0950. The highest BCUT2D eigenvalue weighted by Gasteiger charge is 2.15. The fourth-order valence-corrected chi connectivity index (χ4v) is 6.59. The van der Waals surface area contributed by atoms with Crippen molar-refractivity contribution in [2.45, 2.75) is 173 Å². The summed E-state index contributed by atoms with van der Waals surface area (Å²) in [6.07, 6.45) is 30.6. The summed E-state index contributed by atoms with van der Waals surface area (Å²) < 4.78 is 34.1. The highest BCUT2D eigenvalue weighted by Crippen LogP contribution is 2.29. The summed E-state index contributed by atoms with van der Waals surface area (Å²) in [5.41, 5.74) is 2.26. The molecule has 0 radical (unpaired) electrons. The molecule has 0 unspecified atom stereocenters. The Morgan fingerprint density at radius 2 is 0.900 bits per heavy atom. The zero-order valence-electron chi connectivity index (χ0n) is 26.0. The number of benzene rings is 2. The van der Waals surface area contributed by atoms with E-state index in [0.717, 1.165) is 42.0 Å². The van der Waals surface area contributed by atoms with Gasteiger partial charge in [0.2, 0.25) is 0 Å². The van der Waals surface area contributed by atoms with Crippen LogP contribution < -0.4 is 0 Å². The first kappa shape index (κ1) is 34.8. The van der Waals surface area contributed by atoms with Crippen molar-refractivity contribution in [1.82, 2.24) is 0 Å². The van der Waals surface area contributed by atoms with Gasteiger partial charge in [-0.1, -0.05) is 160 Å². The third kappa shape index (κ3) is 14.5. The molecule has 4 heteroatoms. The van der Waals surface area contributed by atoms with Crippen LogP contribution in [0.1, 0.15) is 166 Å². The molecule has 3 nitrogen and oxygen atoms in total. The predicted octanol–water partition coefficient (Wildman–Crippen LogP) is 11.8. The van der Waals surface area contributed by atoms with Crippen molar-refractivity contribution >= 4 is 20.9 Å². The summed E-state index contributed by atoms with van der Waals surface area (Å²) >= 11 is 0. The number of hydrogen-bond donors (Lipinski definition) is 1. The maximum absolute atomic E-state index is 12.1. The largest absolute Gasteiger partial charge is 0.294 e. The van der Waals surface area contributed by atoms with Crippen LogP contribution in [0.4, 0.5) is 0 Å². The number of aryl methyl sites for hydroxylation is 2. The van der Waals surface area contributed by atoms with Crippen molar-refractivity contribution in [2.75, 3.05) is 0 Å². The number of rotatable bonds is 25. The molecule has 0 spiro atoms. The van der Waals surface area contributed by atoms with Gasteiger partial charge in [0.15, 0.2) is 0 Å². The standard InChI is InChI=1S/C36H60O3S/c1-3-5-7-9-11-13-15-17-19-21-23-26-32-28-25-29-35-33(30-34(31-36(32)35)40(37,38)39)27-24-22-20-18-16-14-12-10-8-6-4-2/h25,28-31H,3-24,26-27H2,1-2H3,(H,37,38,39). The molecule has 0 aromatic heterocycles. The Morgan fingerprint density at radius 3 is 1.32 bits per heavy atom. The van der Waals surface area contributed by atoms with Gasteiger partial charge in [0.1, 0.15) is 0 Å². The SMILES string of the molecule is CCCCCCCCCCCCCc1cc(S(=O)(=O)O)cc2c(CCCCCCCCCCCCC)cccc12. The Hall–Kier alpha value is -1.39. The summed E-state index contributed by atoms with van der Waals surface area (Å²) in [5, 5.41) is 2.16. The minimum atomic E-state index is -4.23. The molecular formula is C36H60O3S. The first-order chi connectivity index (χ1) is 19.5. The fourth-order valence-electron chi connectivity index (χ4n) is 6.03. The molecule has 0 amide bonds. The van der Waals surface area contributed by atoms with Gasteiger partial charge in [-0.2, -0.15) is 8.42 Å². The number of fused-ring (bicyclic) bond motifs is 1. The van der Waals surface area contributed by atoms with Gasteiger partial charge in [0.05, 0.1) is 4.90 Å². The van der Waals surface area contributed by atoms with Crippen molar-refractivity contribution in [3.63, 3.8) is 0 Å². The van der Waals surface area contributed by atoms with Gasteiger partial charge in [0, 0.05) is 0 Å². The van der Waals surface area contributed by atoms with Gasteiger partial charge >= 0.3 is 0 Å². The summed E-state index contributed by atoms with van der Waals surface area (Å²) in [6.45, 7) is 4.53. The second-order valence-electron chi connectivity index (χ2n) is 12.1. The minimum Gasteiger partial charge on any atom is -0.282 e. The van der Waals surface area contributed by atoms with Crippen molar-refractivity contribution in [3.05, 3.63) is 41.5 Å². The Labute approximate surface area is 247 Å². The number of unbranched alkanes of at least 4 members (excludes halogenated alkanes) is 20. The van der Waals surface area contributed by atoms with Crippen molar-refractivity contribution < 1.29 is 13.0 Å².